The molecule has 0 spiro atoms. The van der Waals surface area contributed by atoms with E-state index in [1.807, 2.05) is 24.3 Å². The molecule has 2 aliphatic heterocycles. The van der Waals surface area contributed by atoms with Gasteiger partial charge in [-0.2, -0.15) is 8.42 Å². The number of amides is 1. The molecule has 2 fully saturated rings. The second-order valence-corrected chi connectivity index (χ2v) is 8.00. The van der Waals surface area contributed by atoms with E-state index in [1.165, 1.54) is 0 Å². The zero-order valence-electron chi connectivity index (χ0n) is 13.7. The smallest absolute Gasteiger partial charge is 0.302 e. The number of carbonyl (C=O) groups is 1. The number of anilines is 2. The van der Waals surface area contributed by atoms with Gasteiger partial charge < -0.3 is 14.7 Å². The normalized spacial score (nSPS) is 23.1. The first-order chi connectivity index (χ1) is 11.3. The van der Waals surface area contributed by atoms with Crippen LogP contribution >= 0.6 is 0 Å². The van der Waals surface area contributed by atoms with Crippen molar-refractivity contribution >= 4 is 27.5 Å². The third-order valence-electron chi connectivity index (χ3n) is 4.67. The highest BCUT2D eigenvalue weighted by Gasteiger charge is 2.33. The van der Waals surface area contributed by atoms with Gasteiger partial charge >= 0.3 is 10.2 Å². The Labute approximate surface area is 142 Å². The van der Waals surface area contributed by atoms with Gasteiger partial charge in [0.2, 0.25) is 5.91 Å². The van der Waals surface area contributed by atoms with Gasteiger partial charge in [0.05, 0.1) is 5.75 Å². The van der Waals surface area contributed by atoms with E-state index in [1.54, 1.807) is 4.90 Å². The zero-order valence-corrected chi connectivity index (χ0v) is 14.5. The molecule has 8 heteroatoms. The number of piperazine rings is 1. The van der Waals surface area contributed by atoms with Gasteiger partial charge in [0.25, 0.3) is 0 Å². The van der Waals surface area contributed by atoms with E-state index in [4.69, 9.17) is 0 Å². The van der Waals surface area contributed by atoms with Crippen molar-refractivity contribution in [1.29, 1.82) is 0 Å². The predicted octanol–water partition coefficient (Wildman–Crippen LogP) is 1.09. The Bertz CT molecular complexity index is 700. The molecule has 6 nitrogen and oxygen atoms in total. The molecule has 0 radical (unpaired) electrons. The van der Waals surface area contributed by atoms with Gasteiger partial charge in [-0.25, -0.2) is 0 Å². The number of halogens is 1. The Morgan fingerprint density at radius 2 is 1.67 bits per heavy atom. The third-order valence-corrected chi connectivity index (χ3v) is 5.54. The summed E-state index contributed by atoms with van der Waals surface area (Å²) >= 11 is 0. The second kappa shape index (κ2) is 6.68. The van der Waals surface area contributed by atoms with Crippen LogP contribution < -0.4 is 9.80 Å². The molecular formula is C16H22FN3O3S. The average Bonchev–Trinajstić information content (AvgIpc) is 2.86. The van der Waals surface area contributed by atoms with E-state index in [0.717, 1.165) is 37.6 Å². The lowest BCUT2D eigenvalue weighted by molar-refractivity contribution is -0.117. The van der Waals surface area contributed by atoms with Crippen LogP contribution in [0.15, 0.2) is 24.3 Å². The Morgan fingerprint density at radius 3 is 2.25 bits per heavy atom. The molecule has 3 rings (SSSR count). The van der Waals surface area contributed by atoms with E-state index in [2.05, 4.69) is 16.8 Å². The van der Waals surface area contributed by atoms with E-state index in [-0.39, 0.29) is 18.9 Å². The van der Waals surface area contributed by atoms with Gasteiger partial charge in [-0.1, -0.05) is 0 Å². The Hall–Kier alpha value is -1.67. The van der Waals surface area contributed by atoms with Crippen LogP contribution in [0.3, 0.4) is 0 Å². The number of hydrogen-bond acceptors (Lipinski definition) is 5. The SMILES string of the molecule is CN1CCN(c2ccc(N3CC(CS(=O)(=O)F)CC3=O)cc2)CC1. The fourth-order valence-electron chi connectivity index (χ4n) is 3.33. The Balaban J connectivity index is 1.66. The van der Waals surface area contributed by atoms with Crippen molar-refractivity contribution in [2.45, 2.75) is 6.42 Å². The van der Waals surface area contributed by atoms with Crippen LogP contribution in [-0.4, -0.2) is 64.7 Å². The van der Waals surface area contributed by atoms with E-state index in [9.17, 15) is 17.1 Å². The molecule has 1 atom stereocenters. The number of nitrogens with zero attached hydrogens (tertiary/aromatic N) is 3. The highest BCUT2D eigenvalue weighted by Crippen LogP contribution is 2.28. The van der Waals surface area contributed by atoms with Crippen molar-refractivity contribution < 1.29 is 17.1 Å². The maximum absolute atomic E-state index is 12.8. The average molecular weight is 355 g/mol. The van der Waals surface area contributed by atoms with E-state index < -0.39 is 21.9 Å². The van der Waals surface area contributed by atoms with Gasteiger partial charge in [-0.05, 0) is 31.3 Å². The third kappa shape index (κ3) is 4.05. The van der Waals surface area contributed by atoms with Crippen LogP contribution in [0.4, 0.5) is 15.3 Å². The highest BCUT2D eigenvalue weighted by atomic mass is 32.3. The molecule has 0 saturated carbocycles. The first kappa shape index (κ1) is 17.2. The lowest BCUT2D eigenvalue weighted by Gasteiger charge is -2.34. The largest absolute Gasteiger partial charge is 0.369 e. The summed E-state index contributed by atoms with van der Waals surface area (Å²) in [6, 6.07) is 7.70. The van der Waals surface area contributed by atoms with Crippen LogP contribution in [0.5, 0.6) is 0 Å². The molecule has 0 aliphatic carbocycles. The molecule has 0 aromatic heterocycles. The minimum absolute atomic E-state index is 0.0728. The number of carbonyl (C=O) groups excluding carboxylic acids is 1. The molecule has 1 aromatic carbocycles. The fraction of sp³-hybridized carbons (Fsp3) is 0.562. The minimum atomic E-state index is -4.55. The van der Waals surface area contributed by atoms with Crippen molar-refractivity contribution in [3.63, 3.8) is 0 Å². The van der Waals surface area contributed by atoms with Crippen molar-refractivity contribution in [2.24, 2.45) is 5.92 Å². The highest BCUT2D eigenvalue weighted by molar-refractivity contribution is 7.86. The van der Waals surface area contributed by atoms with Crippen LogP contribution in [0.1, 0.15) is 6.42 Å². The predicted molar refractivity (Wildman–Crippen MR) is 91.5 cm³/mol. The molecule has 2 heterocycles. The molecule has 2 saturated heterocycles. The van der Waals surface area contributed by atoms with E-state index >= 15 is 0 Å². The van der Waals surface area contributed by atoms with Crippen molar-refractivity contribution in [2.75, 3.05) is 55.3 Å². The Morgan fingerprint density at radius 1 is 1.08 bits per heavy atom. The number of likely N-dealkylation sites (N-methyl/N-ethyl adjacent to an activating group) is 1. The summed E-state index contributed by atoms with van der Waals surface area (Å²) in [5.74, 6) is -1.23. The summed E-state index contributed by atoms with van der Waals surface area (Å²) in [5.41, 5.74) is 1.85. The van der Waals surface area contributed by atoms with Gasteiger partial charge in [0.15, 0.2) is 0 Å². The van der Waals surface area contributed by atoms with Gasteiger partial charge in [-0.15, -0.1) is 3.89 Å². The first-order valence-electron chi connectivity index (χ1n) is 8.08. The van der Waals surface area contributed by atoms with Crippen molar-refractivity contribution in [3.8, 4) is 0 Å². The summed E-state index contributed by atoms with van der Waals surface area (Å²) in [7, 11) is -2.45. The maximum Gasteiger partial charge on any atom is 0.302 e. The fourth-order valence-corrected chi connectivity index (χ4v) is 4.12. The molecule has 24 heavy (non-hydrogen) atoms. The van der Waals surface area contributed by atoms with E-state index in [0.29, 0.717) is 0 Å². The molecule has 1 unspecified atom stereocenters. The summed E-state index contributed by atoms with van der Waals surface area (Å²) in [4.78, 5) is 18.2. The zero-order chi connectivity index (χ0) is 17.3. The van der Waals surface area contributed by atoms with Crippen molar-refractivity contribution in [1.82, 2.24) is 4.90 Å². The van der Waals surface area contributed by atoms with Crippen LogP contribution in [-0.2, 0) is 15.0 Å². The molecule has 0 N–H and O–H groups in total. The Kier molecular flexibility index (Phi) is 4.78. The molecule has 1 aromatic rings. The van der Waals surface area contributed by atoms with Crippen LogP contribution in [0, 0.1) is 5.92 Å². The van der Waals surface area contributed by atoms with Gasteiger partial charge in [0, 0.05) is 56.4 Å². The van der Waals surface area contributed by atoms with Gasteiger partial charge in [-0.3, -0.25) is 4.79 Å². The quantitative estimate of drug-likeness (QED) is 0.757. The van der Waals surface area contributed by atoms with Gasteiger partial charge in [0.1, 0.15) is 0 Å². The molecular weight excluding hydrogens is 333 g/mol. The standard InChI is InChI=1S/C16H22FN3O3S/c1-18-6-8-19(9-7-18)14-2-4-15(5-3-14)20-11-13(10-16(20)21)12-24(17,22)23/h2-5,13H,6-12H2,1H3. The minimum Gasteiger partial charge on any atom is -0.369 e. The number of rotatable bonds is 4. The molecule has 132 valence electrons. The molecule has 0 bridgehead atoms. The maximum atomic E-state index is 12.8. The molecule has 1 amide bonds. The number of hydrogen-bond donors (Lipinski definition) is 0. The summed E-state index contributed by atoms with van der Waals surface area (Å²) in [5, 5.41) is 0. The first-order valence-corrected chi connectivity index (χ1v) is 9.63. The molecule has 2 aliphatic rings. The summed E-state index contributed by atoms with van der Waals surface area (Å²) in [6.07, 6.45) is 0.0728. The number of benzene rings is 1. The van der Waals surface area contributed by atoms with Crippen LogP contribution in [0.25, 0.3) is 0 Å². The summed E-state index contributed by atoms with van der Waals surface area (Å²) < 4.78 is 34.4. The second-order valence-electron chi connectivity index (χ2n) is 6.59. The monoisotopic (exact) mass is 355 g/mol. The topological polar surface area (TPSA) is 60.9 Å². The lowest BCUT2D eigenvalue weighted by atomic mass is 10.1. The van der Waals surface area contributed by atoms with Crippen LogP contribution in [0.2, 0.25) is 0 Å². The summed E-state index contributed by atoms with van der Waals surface area (Å²) in [6.45, 7) is 4.22. The lowest BCUT2D eigenvalue weighted by Crippen LogP contribution is -2.44. The van der Waals surface area contributed by atoms with Crippen molar-refractivity contribution in [3.05, 3.63) is 24.3 Å².